The Morgan fingerprint density at radius 1 is 1.32 bits per heavy atom. The van der Waals surface area contributed by atoms with Crippen LogP contribution in [0.5, 0.6) is 0 Å². The molecule has 1 atom stereocenters. The Morgan fingerprint density at radius 2 is 2.12 bits per heavy atom. The number of amides is 1. The van der Waals surface area contributed by atoms with E-state index < -0.39 is 0 Å². The molecule has 25 heavy (non-hydrogen) atoms. The van der Waals surface area contributed by atoms with E-state index in [4.69, 9.17) is 0 Å². The zero-order valence-corrected chi connectivity index (χ0v) is 14.4. The van der Waals surface area contributed by atoms with Crippen LogP contribution in [-0.4, -0.2) is 34.5 Å². The summed E-state index contributed by atoms with van der Waals surface area (Å²) in [6, 6.07) is 7.91. The van der Waals surface area contributed by atoms with Crippen LogP contribution in [-0.2, 0) is 4.79 Å². The van der Waals surface area contributed by atoms with Crippen molar-refractivity contribution < 1.29 is 9.18 Å². The molecule has 2 aromatic rings. The molecular weight excluding hydrogens is 321 g/mol. The predicted octanol–water partition coefficient (Wildman–Crippen LogP) is 2.85. The van der Waals surface area contributed by atoms with Crippen LogP contribution in [0.25, 0.3) is 0 Å². The summed E-state index contributed by atoms with van der Waals surface area (Å²) >= 11 is 0. The van der Waals surface area contributed by atoms with E-state index >= 15 is 0 Å². The first kappa shape index (κ1) is 17.1. The van der Waals surface area contributed by atoms with Gasteiger partial charge in [-0.3, -0.25) is 4.79 Å². The molecular formula is C18H22FN5O. The molecule has 0 aliphatic carbocycles. The second-order valence-corrected chi connectivity index (χ2v) is 6.36. The van der Waals surface area contributed by atoms with Crippen molar-refractivity contribution in [2.24, 2.45) is 0 Å². The lowest BCUT2D eigenvalue weighted by atomic mass is 10.2. The maximum absolute atomic E-state index is 13.8. The second-order valence-electron chi connectivity index (χ2n) is 6.36. The second kappa shape index (κ2) is 7.46. The molecule has 2 N–H and O–H groups in total. The molecule has 0 radical (unpaired) electrons. The number of nitrogens with one attached hydrogen (secondary N) is 2. The summed E-state index contributed by atoms with van der Waals surface area (Å²) in [5.74, 6) is 0.606. The number of carbonyl (C=O) groups is 1. The van der Waals surface area contributed by atoms with Crippen LogP contribution in [0.4, 0.5) is 21.8 Å². The Labute approximate surface area is 146 Å². The Hall–Kier alpha value is -2.70. The van der Waals surface area contributed by atoms with E-state index in [-0.39, 0.29) is 23.8 Å². The monoisotopic (exact) mass is 343 g/mol. The van der Waals surface area contributed by atoms with Gasteiger partial charge < -0.3 is 15.5 Å². The minimum atomic E-state index is -0.349. The number of aromatic nitrogens is 2. The lowest BCUT2D eigenvalue weighted by Crippen LogP contribution is -2.46. The molecule has 1 saturated heterocycles. The number of hydrogen-bond donors (Lipinski definition) is 2. The van der Waals surface area contributed by atoms with E-state index in [1.165, 1.54) is 6.07 Å². The van der Waals surface area contributed by atoms with Crippen LogP contribution in [0.3, 0.4) is 0 Å². The van der Waals surface area contributed by atoms with Crippen LogP contribution in [0.15, 0.2) is 36.5 Å². The number of anilines is 3. The van der Waals surface area contributed by atoms with Gasteiger partial charge >= 0.3 is 0 Å². The Balaban J connectivity index is 1.78. The van der Waals surface area contributed by atoms with E-state index in [1.807, 2.05) is 18.7 Å². The molecule has 1 fully saturated rings. The first-order valence-corrected chi connectivity index (χ1v) is 8.46. The zero-order chi connectivity index (χ0) is 17.8. The van der Waals surface area contributed by atoms with Gasteiger partial charge in [0, 0.05) is 18.8 Å². The van der Waals surface area contributed by atoms with Gasteiger partial charge in [-0.15, -0.1) is 0 Å². The normalized spacial score (nSPS) is 17.0. The number of carbonyl (C=O) groups excluding carboxylic acids is 1. The predicted molar refractivity (Wildman–Crippen MR) is 95.4 cm³/mol. The van der Waals surface area contributed by atoms with Crippen molar-refractivity contribution in [1.82, 2.24) is 15.3 Å². The van der Waals surface area contributed by atoms with Gasteiger partial charge in [0.1, 0.15) is 17.7 Å². The van der Waals surface area contributed by atoms with Crippen LogP contribution in [0.2, 0.25) is 0 Å². The minimum absolute atomic E-state index is 0.0106. The molecule has 0 bridgehead atoms. The molecule has 1 aromatic heterocycles. The molecule has 1 aliphatic rings. The van der Waals surface area contributed by atoms with Crippen LogP contribution in [0.1, 0.15) is 26.7 Å². The highest BCUT2D eigenvalue weighted by molar-refractivity contribution is 5.85. The Morgan fingerprint density at radius 3 is 2.88 bits per heavy atom. The van der Waals surface area contributed by atoms with E-state index in [0.29, 0.717) is 17.5 Å². The van der Waals surface area contributed by atoms with Gasteiger partial charge in [0.25, 0.3) is 0 Å². The first-order valence-electron chi connectivity index (χ1n) is 8.46. The standard InChI is InChI=1S/C18H22FN5O/c1-12(2)21-17(25)15-8-5-11-24(15)18-20-10-9-16(23-18)22-14-7-4-3-6-13(14)19/h3-4,6-7,9-10,12,15H,5,8,11H2,1-2H3,(H,21,25)(H,20,22,23). The highest BCUT2D eigenvalue weighted by Gasteiger charge is 2.32. The van der Waals surface area contributed by atoms with Crippen molar-refractivity contribution in [3.63, 3.8) is 0 Å². The average Bonchev–Trinajstić information content (AvgIpc) is 3.06. The van der Waals surface area contributed by atoms with Crippen molar-refractivity contribution in [3.8, 4) is 0 Å². The third-order valence-electron chi connectivity index (χ3n) is 4.02. The molecule has 1 aliphatic heterocycles. The first-order chi connectivity index (χ1) is 12.0. The van der Waals surface area contributed by atoms with Crippen LogP contribution >= 0.6 is 0 Å². The molecule has 0 saturated carbocycles. The van der Waals surface area contributed by atoms with Gasteiger partial charge in [0.2, 0.25) is 11.9 Å². The molecule has 0 spiro atoms. The number of benzene rings is 1. The van der Waals surface area contributed by atoms with Crippen molar-refractivity contribution in [3.05, 3.63) is 42.3 Å². The van der Waals surface area contributed by atoms with Crippen LogP contribution in [0, 0.1) is 5.82 Å². The molecule has 1 unspecified atom stereocenters. The topological polar surface area (TPSA) is 70.2 Å². The molecule has 3 rings (SSSR count). The highest BCUT2D eigenvalue weighted by Crippen LogP contribution is 2.25. The van der Waals surface area contributed by atoms with E-state index in [2.05, 4.69) is 20.6 Å². The van der Waals surface area contributed by atoms with Gasteiger partial charge in [-0.1, -0.05) is 12.1 Å². The summed E-state index contributed by atoms with van der Waals surface area (Å²) in [7, 11) is 0. The number of hydrogen-bond acceptors (Lipinski definition) is 5. The lowest BCUT2D eigenvalue weighted by molar-refractivity contribution is -0.122. The third kappa shape index (κ3) is 4.04. The lowest BCUT2D eigenvalue weighted by Gasteiger charge is -2.25. The van der Waals surface area contributed by atoms with Gasteiger partial charge in [0.15, 0.2) is 0 Å². The molecule has 6 nitrogen and oxygen atoms in total. The maximum atomic E-state index is 13.8. The summed E-state index contributed by atoms with van der Waals surface area (Å²) in [5, 5.41) is 5.90. The smallest absolute Gasteiger partial charge is 0.243 e. The SMILES string of the molecule is CC(C)NC(=O)C1CCCN1c1nccc(Nc2ccccc2F)n1. The summed E-state index contributed by atoms with van der Waals surface area (Å²) in [6.45, 7) is 4.60. The minimum Gasteiger partial charge on any atom is -0.352 e. The third-order valence-corrected chi connectivity index (χ3v) is 4.02. The van der Waals surface area contributed by atoms with Gasteiger partial charge in [-0.2, -0.15) is 4.98 Å². The molecule has 2 heterocycles. The Kier molecular flexibility index (Phi) is 5.11. The van der Waals surface area contributed by atoms with Crippen LogP contribution < -0.4 is 15.5 Å². The van der Waals surface area contributed by atoms with E-state index in [9.17, 15) is 9.18 Å². The fourth-order valence-electron chi connectivity index (χ4n) is 2.92. The van der Waals surface area contributed by atoms with Crippen molar-refractivity contribution >= 4 is 23.4 Å². The largest absolute Gasteiger partial charge is 0.352 e. The highest BCUT2D eigenvalue weighted by atomic mass is 19.1. The fraction of sp³-hybridized carbons (Fsp3) is 0.389. The van der Waals surface area contributed by atoms with Crippen molar-refractivity contribution in [1.29, 1.82) is 0 Å². The van der Waals surface area contributed by atoms with Gasteiger partial charge in [-0.05, 0) is 44.9 Å². The number of para-hydroxylation sites is 1. The summed E-state index contributed by atoms with van der Waals surface area (Å²) in [5.41, 5.74) is 0.350. The van der Waals surface area contributed by atoms with E-state index in [0.717, 1.165) is 19.4 Å². The summed E-state index contributed by atoms with van der Waals surface area (Å²) in [6.07, 6.45) is 3.29. The number of halogens is 1. The molecule has 1 aromatic carbocycles. The fourth-order valence-corrected chi connectivity index (χ4v) is 2.92. The van der Waals surface area contributed by atoms with Gasteiger partial charge in [-0.25, -0.2) is 9.37 Å². The summed E-state index contributed by atoms with van der Waals surface area (Å²) in [4.78, 5) is 23.1. The maximum Gasteiger partial charge on any atom is 0.243 e. The molecule has 1 amide bonds. The van der Waals surface area contributed by atoms with E-state index in [1.54, 1.807) is 30.5 Å². The number of nitrogens with zero attached hydrogens (tertiary/aromatic N) is 3. The Bertz CT molecular complexity index is 752. The van der Waals surface area contributed by atoms with Crippen molar-refractivity contribution in [2.75, 3.05) is 16.8 Å². The van der Waals surface area contributed by atoms with Gasteiger partial charge in [0.05, 0.1) is 5.69 Å². The molecule has 132 valence electrons. The average molecular weight is 343 g/mol. The number of rotatable bonds is 5. The summed E-state index contributed by atoms with van der Waals surface area (Å²) < 4.78 is 13.8. The quantitative estimate of drug-likeness (QED) is 0.874. The zero-order valence-electron chi connectivity index (χ0n) is 14.4. The van der Waals surface area contributed by atoms with Crippen molar-refractivity contribution in [2.45, 2.75) is 38.8 Å². The molecule has 7 heteroatoms.